The molecule has 0 atom stereocenters. The van der Waals surface area contributed by atoms with Gasteiger partial charge in [-0.05, 0) is 114 Å². The van der Waals surface area contributed by atoms with E-state index < -0.39 is 14.8 Å². The summed E-state index contributed by atoms with van der Waals surface area (Å²) in [5, 5.41) is 6.59. The maximum Gasteiger partial charge on any atom is 0.389 e. The van der Waals surface area contributed by atoms with Crippen molar-refractivity contribution >= 4 is 52.5 Å². The van der Waals surface area contributed by atoms with Crippen LogP contribution in [0, 0.1) is 41.5 Å². The molecule has 0 fully saturated rings. The SMILES string of the molecule is Cc1ccc([P+](CC(=O)O[P+](c2ccc(C)cc2)(c2ccc(C)cc2)c2ccc(C)cc2)(c2ccc(C)cc2)c2ccc(C)cc2)cc1.[Pd]. The van der Waals surface area contributed by atoms with Crippen molar-refractivity contribution in [3.05, 3.63) is 179 Å². The number of benzene rings is 6. The van der Waals surface area contributed by atoms with Crippen LogP contribution in [0.1, 0.15) is 33.4 Å². The zero-order valence-corrected chi connectivity index (χ0v) is 32.4. The summed E-state index contributed by atoms with van der Waals surface area (Å²) in [4.78, 5) is 15.1. The number of rotatable bonds is 9. The van der Waals surface area contributed by atoms with Gasteiger partial charge in [0.25, 0.3) is 7.49 Å². The third kappa shape index (κ3) is 7.58. The van der Waals surface area contributed by atoms with Crippen LogP contribution in [-0.4, -0.2) is 12.1 Å². The minimum atomic E-state index is -2.88. The van der Waals surface area contributed by atoms with Crippen LogP contribution in [0.2, 0.25) is 0 Å². The van der Waals surface area contributed by atoms with Crippen LogP contribution in [0.15, 0.2) is 146 Å². The Bertz CT molecular complexity index is 1630. The Morgan fingerprint density at radius 3 is 0.816 bits per heavy atom. The van der Waals surface area contributed by atoms with Crippen molar-refractivity contribution in [3.8, 4) is 0 Å². The predicted molar refractivity (Wildman–Crippen MR) is 210 cm³/mol. The average Bonchev–Trinajstić information content (AvgIpc) is 3.09. The largest absolute Gasteiger partial charge is 0.389 e. The van der Waals surface area contributed by atoms with Gasteiger partial charge in [0.1, 0.15) is 39.1 Å². The van der Waals surface area contributed by atoms with Gasteiger partial charge in [-0.1, -0.05) is 106 Å². The molecule has 0 saturated carbocycles. The third-order valence-corrected chi connectivity index (χ3v) is 17.0. The quantitative estimate of drug-likeness (QED) is 0.109. The summed E-state index contributed by atoms with van der Waals surface area (Å²) in [7, 11) is -5.39. The number of hydrogen-bond donors (Lipinski definition) is 0. The molecule has 0 heterocycles. The molecule has 0 unspecified atom stereocenters. The Labute approximate surface area is 307 Å². The summed E-state index contributed by atoms with van der Waals surface area (Å²) in [6.45, 7) is 12.6. The van der Waals surface area contributed by atoms with Crippen molar-refractivity contribution in [1.29, 1.82) is 0 Å². The van der Waals surface area contributed by atoms with Gasteiger partial charge < -0.3 is 0 Å². The van der Waals surface area contributed by atoms with Gasteiger partial charge in [0, 0.05) is 20.4 Å². The first-order chi connectivity index (χ1) is 23.1. The van der Waals surface area contributed by atoms with Crippen LogP contribution in [-0.2, 0) is 29.7 Å². The Morgan fingerprint density at radius 1 is 0.388 bits per heavy atom. The van der Waals surface area contributed by atoms with E-state index in [1.54, 1.807) is 0 Å². The van der Waals surface area contributed by atoms with Crippen molar-refractivity contribution in [2.24, 2.45) is 0 Å². The van der Waals surface area contributed by atoms with Gasteiger partial charge in [-0.15, -0.1) is 0 Å². The maximum absolute atomic E-state index is 15.1. The van der Waals surface area contributed by atoms with Gasteiger partial charge in [-0.3, -0.25) is 4.52 Å². The van der Waals surface area contributed by atoms with Gasteiger partial charge in [0.05, 0.1) is 0 Å². The molecule has 0 saturated heterocycles. The van der Waals surface area contributed by atoms with E-state index in [1.807, 2.05) is 0 Å². The first-order valence-electron chi connectivity index (χ1n) is 16.5. The molecule has 0 aliphatic carbocycles. The fourth-order valence-corrected chi connectivity index (χ4v) is 13.6. The van der Waals surface area contributed by atoms with Gasteiger partial charge in [0.15, 0.2) is 6.16 Å². The first kappa shape index (κ1) is 36.6. The molecule has 0 bridgehead atoms. The number of aryl methyl sites for hydroxylation is 6. The Kier molecular flexibility index (Phi) is 11.5. The van der Waals surface area contributed by atoms with Gasteiger partial charge in [-0.2, -0.15) is 0 Å². The Morgan fingerprint density at radius 2 is 0.592 bits per heavy atom. The molecule has 0 radical (unpaired) electrons. The van der Waals surface area contributed by atoms with E-state index in [-0.39, 0.29) is 32.6 Å². The van der Waals surface area contributed by atoms with Crippen molar-refractivity contribution < 1.29 is 29.7 Å². The number of carbonyl (C=O) groups excluding carboxylic acids is 1. The molecule has 0 N–H and O–H groups in total. The summed E-state index contributed by atoms with van der Waals surface area (Å²) < 4.78 is 7.21. The van der Waals surface area contributed by atoms with Crippen molar-refractivity contribution in [2.45, 2.75) is 41.5 Å². The second-order valence-electron chi connectivity index (χ2n) is 13.1. The second kappa shape index (κ2) is 15.5. The molecule has 6 aromatic rings. The number of carbonyl (C=O) groups is 1. The molecule has 6 aromatic carbocycles. The monoisotopic (exact) mass is 772 g/mol. The minimum absolute atomic E-state index is 0. The van der Waals surface area contributed by atoms with Crippen LogP contribution in [0.25, 0.3) is 0 Å². The molecule has 2 nitrogen and oxygen atoms in total. The summed E-state index contributed by atoms with van der Waals surface area (Å²) in [5.74, 6) is -0.194. The van der Waals surface area contributed by atoms with E-state index in [1.165, 1.54) is 49.3 Å². The topological polar surface area (TPSA) is 26.3 Å². The fraction of sp³-hybridized carbons (Fsp3) is 0.159. The predicted octanol–water partition coefficient (Wildman–Crippen LogP) is 8.28. The molecule has 5 heteroatoms. The van der Waals surface area contributed by atoms with E-state index in [0.717, 1.165) is 15.9 Å². The molecular formula is C44H44O2P2Pd+2. The van der Waals surface area contributed by atoms with E-state index in [2.05, 4.69) is 187 Å². The van der Waals surface area contributed by atoms with Crippen molar-refractivity contribution in [3.63, 3.8) is 0 Å². The Balaban J connectivity index is 0.00000468. The number of hydrogen-bond acceptors (Lipinski definition) is 2. The van der Waals surface area contributed by atoms with Gasteiger partial charge >= 0.3 is 5.97 Å². The molecule has 6 rings (SSSR count). The normalized spacial score (nSPS) is 11.5. The molecular weight excluding hydrogens is 729 g/mol. The maximum atomic E-state index is 15.1. The third-order valence-electron chi connectivity index (χ3n) is 9.22. The summed E-state index contributed by atoms with van der Waals surface area (Å²) in [6.07, 6.45) is 0.244. The van der Waals surface area contributed by atoms with Crippen LogP contribution in [0.5, 0.6) is 0 Å². The van der Waals surface area contributed by atoms with Gasteiger partial charge in [0.2, 0.25) is 0 Å². The van der Waals surface area contributed by atoms with E-state index in [0.29, 0.717) is 0 Å². The average molecular weight is 773 g/mol. The van der Waals surface area contributed by atoms with Crippen LogP contribution in [0.4, 0.5) is 0 Å². The molecule has 0 amide bonds. The zero-order valence-electron chi connectivity index (χ0n) is 29.1. The van der Waals surface area contributed by atoms with Crippen LogP contribution >= 0.6 is 14.8 Å². The van der Waals surface area contributed by atoms with E-state index >= 15 is 4.79 Å². The first-order valence-corrected chi connectivity index (χ1v) is 20.2. The van der Waals surface area contributed by atoms with Crippen molar-refractivity contribution in [2.75, 3.05) is 6.16 Å². The molecule has 0 aliphatic heterocycles. The van der Waals surface area contributed by atoms with Crippen LogP contribution in [0.3, 0.4) is 0 Å². The van der Waals surface area contributed by atoms with E-state index in [4.69, 9.17) is 4.52 Å². The summed E-state index contributed by atoms with van der Waals surface area (Å²) in [5.41, 5.74) is 7.07. The summed E-state index contributed by atoms with van der Waals surface area (Å²) >= 11 is 0. The Hall–Kier alpha value is -3.69. The molecule has 250 valence electrons. The summed E-state index contributed by atoms with van der Waals surface area (Å²) in [6, 6.07) is 52.0. The minimum Gasteiger partial charge on any atom is -0.293 e. The molecule has 49 heavy (non-hydrogen) atoms. The van der Waals surface area contributed by atoms with E-state index in [9.17, 15) is 0 Å². The van der Waals surface area contributed by atoms with Crippen LogP contribution < -0.4 is 31.8 Å². The standard InChI is InChI=1S/C44H44O2P2.Pd/c1-32-7-19-38(20-8-32)47(39-21-9-33(2)10-22-39,40-23-11-34(3)12-24-40)31-44(45)46-48(41-25-13-35(4)14-26-41,42-27-15-36(5)16-28-42)43-29-17-37(6)18-30-43;/h7-30H,31H2,1-6H3;/q+2;. The second-order valence-corrected chi connectivity index (χ2v) is 19.5. The van der Waals surface area contributed by atoms with Crippen molar-refractivity contribution in [1.82, 2.24) is 0 Å². The smallest absolute Gasteiger partial charge is 0.293 e. The fourth-order valence-electron chi connectivity index (χ4n) is 6.36. The molecule has 0 aliphatic rings. The zero-order chi connectivity index (χ0) is 33.9. The molecule has 0 spiro atoms. The van der Waals surface area contributed by atoms with Gasteiger partial charge in [-0.25, -0.2) is 4.79 Å². The molecule has 0 aromatic heterocycles.